The zero-order valence-electron chi connectivity index (χ0n) is 11.9. The number of amides is 2. The number of rotatable bonds is 3. The first-order valence-corrected chi connectivity index (χ1v) is 7.17. The van der Waals surface area contributed by atoms with Gasteiger partial charge in [-0.2, -0.15) is 5.10 Å². The van der Waals surface area contributed by atoms with Gasteiger partial charge in [-0.3, -0.25) is 0 Å². The Bertz CT molecular complexity index is 660. The van der Waals surface area contributed by atoms with Crippen molar-refractivity contribution < 1.29 is 14.3 Å². The fraction of sp³-hybridized carbons (Fsp3) is 0.333. The lowest BCUT2D eigenvalue weighted by Crippen LogP contribution is -2.40. The van der Waals surface area contributed by atoms with E-state index in [-0.39, 0.29) is 18.7 Å². The molecule has 2 N–H and O–H groups in total. The van der Waals surface area contributed by atoms with Crippen molar-refractivity contribution in [1.82, 2.24) is 14.7 Å². The summed E-state index contributed by atoms with van der Waals surface area (Å²) < 4.78 is 15.1. The largest absolute Gasteiger partial charge is 0.394 e. The van der Waals surface area contributed by atoms with Crippen molar-refractivity contribution in [2.45, 2.75) is 18.9 Å². The molecule has 0 spiro atoms. The minimum atomic E-state index is -0.439. The van der Waals surface area contributed by atoms with Gasteiger partial charge in [-0.25, -0.2) is 13.9 Å². The number of anilines is 1. The molecular formula is C15H17FN4O2. The lowest BCUT2D eigenvalue weighted by Gasteiger charge is -2.24. The van der Waals surface area contributed by atoms with Gasteiger partial charge in [0.2, 0.25) is 0 Å². The van der Waals surface area contributed by atoms with Gasteiger partial charge in [0.15, 0.2) is 0 Å². The third-order valence-electron chi connectivity index (χ3n) is 3.80. The Labute approximate surface area is 127 Å². The molecule has 1 saturated heterocycles. The van der Waals surface area contributed by atoms with Gasteiger partial charge >= 0.3 is 6.03 Å². The third-order valence-corrected chi connectivity index (χ3v) is 3.80. The number of carbonyl (C=O) groups excluding carboxylic acids is 1. The van der Waals surface area contributed by atoms with E-state index in [2.05, 4.69) is 10.4 Å². The molecular weight excluding hydrogens is 287 g/mol. The number of likely N-dealkylation sites (tertiary alicyclic amines) is 1. The number of aromatic nitrogens is 2. The fourth-order valence-corrected chi connectivity index (χ4v) is 2.70. The Morgan fingerprint density at radius 2 is 2.36 bits per heavy atom. The van der Waals surface area contributed by atoms with Crippen molar-refractivity contribution in [3.8, 4) is 5.69 Å². The zero-order valence-corrected chi connectivity index (χ0v) is 11.9. The summed E-state index contributed by atoms with van der Waals surface area (Å²) >= 11 is 0. The van der Waals surface area contributed by atoms with Crippen LogP contribution in [0, 0.1) is 5.82 Å². The van der Waals surface area contributed by atoms with E-state index in [9.17, 15) is 14.3 Å². The van der Waals surface area contributed by atoms with Crippen molar-refractivity contribution in [3.05, 3.63) is 42.5 Å². The average Bonchev–Trinajstić information content (AvgIpc) is 3.18. The molecule has 2 heterocycles. The molecule has 2 amide bonds. The summed E-state index contributed by atoms with van der Waals surface area (Å²) in [4.78, 5) is 13.9. The van der Waals surface area contributed by atoms with Gasteiger partial charge in [-0.1, -0.05) is 0 Å². The minimum Gasteiger partial charge on any atom is -0.394 e. The molecule has 1 aromatic heterocycles. The third kappa shape index (κ3) is 2.80. The summed E-state index contributed by atoms with van der Waals surface area (Å²) in [6, 6.07) is 5.37. The Morgan fingerprint density at radius 1 is 1.50 bits per heavy atom. The van der Waals surface area contributed by atoms with Crippen LogP contribution in [0.3, 0.4) is 0 Å². The van der Waals surface area contributed by atoms with Crippen LogP contribution in [-0.2, 0) is 0 Å². The van der Waals surface area contributed by atoms with E-state index in [0.29, 0.717) is 17.9 Å². The van der Waals surface area contributed by atoms with E-state index in [1.54, 1.807) is 34.1 Å². The van der Waals surface area contributed by atoms with Gasteiger partial charge in [0.05, 0.1) is 24.0 Å². The molecule has 1 fully saturated rings. The van der Waals surface area contributed by atoms with Crippen LogP contribution >= 0.6 is 0 Å². The number of hydrogen-bond acceptors (Lipinski definition) is 3. The number of aliphatic hydroxyl groups excluding tert-OH is 1. The van der Waals surface area contributed by atoms with Crippen molar-refractivity contribution in [3.63, 3.8) is 0 Å². The summed E-state index contributed by atoms with van der Waals surface area (Å²) in [5.41, 5.74) is 0.928. The molecule has 22 heavy (non-hydrogen) atoms. The zero-order chi connectivity index (χ0) is 15.5. The van der Waals surface area contributed by atoms with Crippen LogP contribution in [0.1, 0.15) is 12.8 Å². The molecule has 2 aromatic rings. The van der Waals surface area contributed by atoms with E-state index in [4.69, 9.17) is 0 Å². The first-order valence-electron chi connectivity index (χ1n) is 7.17. The van der Waals surface area contributed by atoms with Gasteiger partial charge < -0.3 is 15.3 Å². The average molecular weight is 304 g/mol. The van der Waals surface area contributed by atoms with Crippen LogP contribution in [0.5, 0.6) is 0 Å². The molecule has 0 radical (unpaired) electrons. The number of carbonyl (C=O) groups is 1. The monoisotopic (exact) mass is 304 g/mol. The Kier molecular flexibility index (Phi) is 4.06. The van der Waals surface area contributed by atoms with Crippen LogP contribution < -0.4 is 5.32 Å². The molecule has 0 saturated carbocycles. The van der Waals surface area contributed by atoms with E-state index in [1.807, 2.05) is 0 Å². The molecule has 1 aromatic carbocycles. The molecule has 0 unspecified atom stereocenters. The highest BCUT2D eigenvalue weighted by Gasteiger charge is 2.28. The highest BCUT2D eigenvalue weighted by molar-refractivity contribution is 5.92. The minimum absolute atomic E-state index is 0.0669. The molecule has 1 aliphatic rings. The van der Waals surface area contributed by atoms with Crippen molar-refractivity contribution >= 4 is 11.7 Å². The van der Waals surface area contributed by atoms with Crippen molar-refractivity contribution in [1.29, 1.82) is 0 Å². The number of urea groups is 1. The van der Waals surface area contributed by atoms with Crippen molar-refractivity contribution in [2.75, 3.05) is 18.5 Å². The quantitative estimate of drug-likeness (QED) is 0.911. The predicted molar refractivity (Wildman–Crippen MR) is 79.4 cm³/mol. The Hall–Kier alpha value is -2.41. The molecule has 0 aliphatic carbocycles. The number of halogens is 1. The molecule has 7 heteroatoms. The smallest absolute Gasteiger partial charge is 0.322 e. The second-order valence-corrected chi connectivity index (χ2v) is 5.21. The normalized spacial score (nSPS) is 17.7. The maximum absolute atomic E-state index is 13.5. The lowest BCUT2D eigenvalue weighted by molar-refractivity contribution is 0.166. The maximum Gasteiger partial charge on any atom is 0.322 e. The SMILES string of the molecule is O=C(Nc1cc(F)ccc1-n1cccn1)N1CCC[C@H]1CO. The predicted octanol–water partition coefficient (Wildman–Crippen LogP) is 2.00. The molecule has 1 atom stereocenters. The van der Waals surface area contributed by atoms with Gasteiger partial charge in [-0.15, -0.1) is 0 Å². The van der Waals surface area contributed by atoms with Crippen LogP contribution in [0.25, 0.3) is 5.69 Å². The summed E-state index contributed by atoms with van der Waals surface area (Å²) in [5.74, 6) is -0.439. The molecule has 1 aliphatic heterocycles. The summed E-state index contributed by atoms with van der Waals surface area (Å²) in [5, 5.41) is 16.1. The Morgan fingerprint density at radius 3 is 3.09 bits per heavy atom. The number of nitrogens with one attached hydrogen (secondary N) is 1. The molecule has 3 rings (SSSR count). The second-order valence-electron chi connectivity index (χ2n) is 5.21. The molecule has 6 nitrogen and oxygen atoms in total. The van der Waals surface area contributed by atoms with Crippen molar-refractivity contribution in [2.24, 2.45) is 0 Å². The van der Waals surface area contributed by atoms with Crippen LogP contribution in [0.2, 0.25) is 0 Å². The number of nitrogens with zero attached hydrogens (tertiary/aromatic N) is 3. The second kappa shape index (κ2) is 6.15. The van der Waals surface area contributed by atoms with Gasteiger partial charge in [0, 0.05) is 18.9 Å². The topological polar surface area (TPSA) is 70.4 Å². The number of aliphatic hydroxyl groups is 1. The Balaban J connectivity index is 1.85. The van der Waals surface area contributed by atoms with Crippen LogP contribution in [0.4, 0.5) is 14.9 Å². The van der Waals surface area contributed by atoms with Gasteiger partial charge in [0.1, 0.15) is 5.82 Å². The van der Waals surface area contributed by atoms with E-state index < -0.39 is 5.82 Å². The van der Waals surface area contributed by atoms with Crippen LogP contribution in [-0.4, -0.2) is 45.0 Å². The standard InChI is InChI=1S/C15H17FN4O2/c16-11-4-5-14(20-8-2-6-17-20)13(9-11)18-15(22)19-7-1-3-12(19)10-21/h2,4-6,8-9,12,21H,1,3,7,10H2,(H,18,22)/t12-/m0/s1. The maximum atomic E-state index is 13.5. The molecule has 116 valence electrons. The van der Waals surface area contributed by atoms with Gasteiger partial charge in [-0.05, 0) is 37.1 Å². The van der Waals surface area contributed by atoms with E-state index in [0.717, 1.165) is 12.8 Å². The van der Waals surface area contributed by atoms with Crippen LogP contribution in [0.15, 0.2) is 36.7 Å². The first-order chi connectivity index (χ1) is 10.7. The van der Waals surface area contributed by atoms with E-state index in [1.165, 1.54) is 12.1 Å². The number of hydrogen-bond donors (Lipinski definition) is 2. The highest BCUT2D eigenvalue weighted by Crippen LogP contribution is 2.23. The first kappa shape index (κ1) is 14.5. The summed E-state index contributed by atoms with van der Waals surface area (Å²) in [6.07, 6.45) is 4.96. The van der Waals surface area contributed by atoms with E-state index >= 15 is 0 Å². The molecule has 0 bridgehead atoms. The summed E-state index contributed by atoms with van der Waals surface area (Å²) in [7, 11) is 0. The lowest BCUT2D eigenvalue weighted by atomic mass is 10.2. The summed E-state index contributed by atoms with van der Waals surface area (Å²) in [6.45, 7) is 0.520. The van der Waals surface area contributed by atoms with Gasteiger partial charge in [0.25, 0.3) is 0 Å². The fourth-order valence-electron chi connectivity index (χ4n) is 2.70. The highest BCUT2D eigenvalue weighted by atomic mass is 19.1. The number of benzene rings is 1.